The molecule has 2 N–H and O–H groups in total. The Labute approximate surface area is 117 Å². The second-order valence-electron chi connectivity index (χ2n) is 5.58. The zero-order chi connectivity index (χ0) is 14.6. The average molecular weight is 264 g/mol. The second kappa shape index (κ2) is 6.80. The van der Waals surface area contributed by atoms with Crippen molar-refractivity contribution in [2.75, 3.05) is 32.1 Å². The number of anilines is 1. The second-order valence-corrected chi connectivity index (χ2v) is 5.58. The van der Waals surface area contributed by atoms with E-state index in [9.17, 15) is 0 Å². The highest BCUT2D eigenvalue weighted by atomic mass is 16.5. The van der Waals surface area contributed by atoms with E-state index in [1.165, 1.54) is 22.4 Å². The van der Waals surface area contributed by atoms with E-state index in [1.807, 2.05) is 0 Å². The molecule has 108 valence electrons. The van der Waals surface area contributed by atoms with Crippen LogP contribution in [-0.2, 0) is 0 Å². The fraction of sp³-hybridized carbons (Fsp3) is 0.625. The van der Waals surface area contributed by atoms with Gasteiger partial charge in [-0.25, -0.2) is 0 Å². The van der Waals surface area contributed by atoms with Gasteiger partial charge in [-0.2, -0.15) is 0 Å². The van der Waals surface area contributed by atoms with Crippen molar-refractivity contribution in [2.24, 2.45) is 11.7 Å². The first kappa shape index (κ1) is 15.8. The molecule has 3 nitrogen and oxygen atoms in total. The standard InChI is InChI=1S/C16H28N2O/c1-11(7-8-17)10-18(5)15-13(3)9-12(2)14(4)16(15)19-6/h9,11H,7-8,10,17H2,1-6H3. The minimum Gasteiger partial charge on any atom is -0.494 e. The van der Waals surface area contributed by atoms with E-state index in [0.29, 0.717) is 5.92 Å². The number of hydrogen-bond donors (Lipinski definition) is 1. The Balaban J connectivity index is 3.08. The highest BCUT2D eigenvalue weighted by Gasteiger charge is 2.17. The lowest BCUT2D eigenvalue weighted by atomic mass is 10.0. The van der Waals surface area contributed by atoms with Gasteiger partial charge in [-0.15, -0.1) is 0 Å². The van der Waals surface area contributed by atoms with Gasteiger partial charge in [-0.3, -0.25) is 0 Å². The van der Waals surface area contributed by atoms with Gasteiger partial charge in [0.1, 0.15) is 5.75 Å². The monoisotopic (exact) mass is 264 g/mol. The number of rotatable bonds is 6. The minimum absolute atomic E-state index is 0.584. The highest BCUT2D eigenvalue weighted by Crippen LogP contribution is 2.36. The lowest BCUT2D eigenvalue weighted by molar-refractivity contribution is 0.409. The van der Waals surface area contributed by atoms with Gasteiger partial charge in [0.2, 0.25) is 0 Å². The molecule has 19 heavy (non-hydrogen) atoms. The topological polar surface area (TPSA) is 38.5 Å². The SMILES string of the molecule is COc1c(C)c(C)cc(C)c1N(C)CC(C)CCN. The molecule has 0 aliphatic carbocycles. The summed E-state index contributed by atoms with van der Waals surface area (Å²) < 4.78 is 5.63. The summed E-state index contributed by atoms with van der Waals surface area (Å²) in [5.41, 5.74) is 10.6. The number of ether oxygens (including phenoxy) is 1. The third kappa shape index (κ3) is 3.63. The zero-order valence-electron chi connectivity index (χ0n) is 13.2. The molecular formula is C16H28N2O. The Kier molecular flexibility index (Phi) is 5.67. The predicted molar refractivity (Wildman–Crippen MR) is 83.3 cm³/mol. The highest BCUT2D eigenvalue weighted by molar-refractivity contribution is 5.67. The molecule has 0 aliphatic heterocycles. The summed E-state index contributed by atoms with van der Waals surface area (Å²) in [6, 6.07) is 2.23. The largest absolute Gasteiger partial charge is 0.494 e. The molecule has 0 heterocycles. The molecule has 0 spiro atoms. The lowest BCUT2D eigenvalue weighted by Crippen LogP contribution is -2.26. The maximum absolute atomic E-state index is 5.63. The molecule has 0 aliphatic rings. The third-order valence-corrected chi connectivity index (χ3v) is 3.78. The number of aryl methyl sites for hydroxylation is 2. The van der Waals surface area contributed by atoms with Crippen molar-refractivity contribution in [1.29, 1.82) is 0 Å². The van der Waals surface area contributed by atoms with E-state index < -0.39 is 0 Å². The first-order valence-electron chi connectivity index (χ1n) is 6.98. The molecule has 0 fully saturated rings. The Morgan fingerprint density at radius 1 is 1.26 bits per heavy atom. The van der Waals surface area contributed by atoms with Crippen LogP contribution in [0.4, 0.5) is 5.69 Å². The fourth-order valence-corrected chi connectivity index (χ4v) is 2.70. The van der Waals surface area contributed by atoms with Crippen molar-refractivity contribution in [2.45, 2.75) is 34.1 Å². The van der Waals surface area contributed by atoms with Crippen LogP contribution < -0.4 is 15.4 Å². The van der Waals surface area contributed by atoms with E-state index in [0.717, 1.165) is 25.3 Å². The van der Waals surface area contributed by atoms with Gasteiger partial charge >= 0.3 is 0 Å². The quantitative estimate of drug-likeness (QED) is 0.858. The summed E-state index contributed by atoms with van der Waals surface area (Å²) >= 11 is 0. The molecule has 1 unspecified atom stereocenters. The summed E-state index contributed by atoms with van der Waals surface area (Å²) in [6.45, 7) is 10.4. The molecule has 0 aromatic heterocycles. The zero-order valence-corrected chi connectivity index (χ0v) is 13.2. The Morgan fingerprint density at radius 3 is 2.42 bits per heavy atom. The van der Waals surface area contributed by atoms with Crippen molar-refractivity contribution < 1.29 is 4.74 Å². The fourth-order valence-electron chi connectivity index (χ4n) is 2.70. The Morgan fingerprint density at radius 2 is 1.89 bits per heavy atom. The van der Waals surface area contributed by atoms with E-state index in [-0.39, 0.29) is 0 Å². The molecule has 0 radical (unpaired) electrons. The van der Waals surface area contributed by atoms with Crippen molar-refractivity contribution in [1.82, 2.24) is 0 Å². The molecule has 3 heteroatoms. The molecule has 1 aromatic carbocycles. The molecule has 0 saturated heterocycles. The summed E-state index contributed by atoms with van der Waals surface area (Å²) in [5.74, 6) is 1.58. The molecule has 1 atom stereocenters. The van der Waals surface area contributed by atoms with E-state index in [1.54, 1.807) is 7.11 Å². The molecule has 0 saturated carbocycles. The number of nitrogens with two attached hydrogens (primary N) is 1. The van der Waals surface area contributed by atoms with Crippen LogP contribution in [0.5, 0.6) is 5.75 Å². The van der Waals surface area contributed by atoms with Gasteiger partial charge in [0.15, 0.2) is 0 Å². The van der Waals surface area contributed by atoms with Crippen LogP contribution in [0.2, 0.25) is 0 Å². The van der Waals surface area contributed by atoms with Crippen LogP contribution in [-0.4, -0.2) is 27.2 Å². The predicted octanol–water partition coefficient (Wildman–Crippen LogP) is 3.04. The minimum atomic E-state index is 0.584. The summed E-state index contributed by atoms with van der Waals surface area (Å²) in [4.78, 5) is 2.29. The van der Waals surface area contributed by atoms with Gasteiger partial charge in [-0.05, 0) is 56.3 Å². The van der Waals surface area contributed by atoms with Crippen LogP contribution in [0.1, 0.15) is 30.0 Å². The molecule has 1 aromatic rings. The van der Waals surface area contributed by atoms with E-state index in [2.05, 4.69) is 45.7 Å². The van der Waals surface area contributed by atoms with Crippen LogP contribution in [0.25, 0.3) is 0 Å². The first-order valence-corrected chi connectivity index (χ1v) is 6.98. The molecule has 0 amide bonds. The first-order chi connectivity index (χ1) is 8.92. The van der Waals surface area contributed by atoms with Crippen molar-refractivity contribution in [3.63, 3.8) is 0 Å². The van der Waals surface area contributed by atoms with Gasteiger partial charge < -0.3 is 15.4 Å². The maximum atomic E-state index is 5.63. The summed E-state index contributed by atoms with van der Waals surface area (Å²) in [7, 11) is 3.88. The Bertz CT molecular complexity index is 429. The molecular weight excluding hydrogens is 236 g/mol. The third-order valence-electron chi connectivity index (χ3n) is 3.78. The van der Waals surface area contributed by atoms with Crippen molar-refractivity contribution in [3.8, 4) is 5.75 Å². The van der Waals surface area contributed by atoms with Gasteiger partial charge in [0.05, 0.1) is 12.8 Å². The summed E-state index contributed by atoms with van der Waals surface area (Å²) in [6.07, 6.45) is 1.05. The van der Waals surface area contributed by atoms with Crippen LogP contribution >= 0.6 is 0 Å². The number of nitrogens with zero attached hydrogens (tertiary/aromatic N) is 1. The van der Waals surface area contributed by atoms with Gasteiger partial charge in [-0.1, -0.05) is 13.0 Å². The van der Waals surface area contributed by atoms with Crippen molar-refractivity contribution in [3.05, 3.63) is 22.8 Å². The molecule has 1 rings (SSSR count). The lowest BCUT2D eigenvalue weighted by Gasteiger charge is -2.28. The van der Waals surface area contributed by atoms with E-state index >= 15 is 0 Å². The van der Waals surface area contributed by atoms with Crippen LogP contribution in [0, 0.1) is 26.7 Å². The number of hydrogen-bond acceptors (Lipinski definition) is 3. The molecule has 0 bridgehead atoms. The van der Waals surface area contributed by atoms with Crippen LogP contribution in [0.3, 0.4) is 0 Å². The summed E-state index contributed by atoms with van der Waals surface area (Å²) in [5, 5.41) is 0. The van der Waals surface area contributed by atoms with E-state index in [4.69, 9.17) is 10.5 Å². The Hall–Kier alpha value is -1.22. The van der Waals surface area contributed by atoms with Crippen LogP contribution in [0.15, 0.2) is 6.07 Å². The smallest absolute Gasteiger partial charge is 0.145 e. The van der Waals surface area contributed by atoms with Gasteiger partial charge in [0.25, 0.3) is 0 Å². The number of benzene rings is 1. The normalized spacial score (nSPS) is 12.4. The maximum Gasteiger partial charge on any atom is 0.145 e. The number of methoxy groups -OCH3 is 1. The van der Waals surface area contributed by atoms with Crippen molar-refractivity contribution >= 4 is 5.69 Å². The van der Waals surface area contributed by atoms with Gasteiger partial charge in [0, 0.05) is 13.6 Å². The average Bonchev–Trinajstić information content (AvgIpc) is 2.33.